The summed E-state index contributed by atoms with van der Waals surface area (Å²) in [5, 5.41) is 0. The van der Waals surface area contributed by atoms with E-state index in [4.69, 9.17) is 0 Å². The molecule has 0 fully saturated rings. The largest absolute Gasteiger partial charge is 0.358 e. The molecule has 0 aliphatic heterocycles. The van der Waals surface area contributed by atoms with Gasteiger partial charge in [0, 0.05) is 32.7 Å². The second kappa shape index (κ2) is 22.1. The summed E-state index contributed by atoms with van der Waals surface area (Å²) in [6, 6.07) is 0. The van der Waals surface area contributed by atoms with Crippen LogP contribution in [0.3, 0.4) is 0 Å². The summed E-state index contributed by atoms with van der Waals surface area (Å²) in [4.78, 5) is 0. The van der Waals surface area contributed by atoms with Crippen molar-refractivity contribution in [2.45, 2.75) is 0 Å². The normalized spacial score (nSPS) is 2.40. The van der Waals surface area contributed by atoms with E-state index in [0.717, 1.165) is 0 Å². The summed E-state index contributed by atoms with van der Waals surface area (Å²) in [7, 11) is 0. The molecule has 1 heteroatoms. The first-order chi connectivity index (χ1) is 1.41. The van der Waals surface area contributed by atoms with Gasteiger partial charge in [-0.2, -0.15) is 0 Å². The SMILES string of the molecule is C=C[CH2-].[CH3-].[Y]. The molecule has 1 radical (unpaired) electrons. The summed E-state index contributed by atoms with van der Waals surface area (Å²) in [6.45, 7) is 6.50. The predicted octanol–water partition coefficient (Wildman–Crippen LogP) is 1.45. The van der Waals surface area contributed by atoms with E-state index < -0.39 is 0 Å². The van der Waals surface area contributed by atoms with Gasteiger partial charge in [0.1, 0.15) is 0 Å². The molecular weight excluding hydrogens is 137 g/mol. The first-order valence-electron chi connectivity index (χ1n) is 0.816. The topological polar surface area (TPSA) is 0 Å². The summed E-state index contributed by atoms with van der Waals surface area (Å²) in [5.74, 6) is 0. The van der Waals surface area contributed by atoms with E-state index in [1.54, 1.807) is 0 Å². The molecule has 5 heavy (non-hydrogen) atoms. The molecule has 0 amide bonds. The molecule has 0 aromatic carbocycles. The maximum Gasteiger partial charge on any atom is 0 e. The van der Waals surface area contributed by atoms with Gasteiger partial charge in [-0.3, -0.25) is 0 Å². The Labute approximate surface area is 59.5 Å². The van der Waals surface area contributed by atoms with E-state index in [9.17, 15) is 0 Å². The molecule has 0 nitrogen and oxygen atoms in total. The molecule has 0 rings (SSSR count). The molecule has 0 aliphatic carbocycles. The fraction of sp³-hybridized carbons (Fsp3) is 0. The molecule has 0 aromatic rings. The minimum absolute atomic E-state index is 0. The number of hydrogen-bond donors (Lipinski definition) is 0. The predicted molar refractivity (Wildman–Crippen MR) is 22.0 cm³/mol. The molecule has 0 heterocycles. The molecule has 0 N–H and O–H groups in total. The van der Waals surface area contributed by atoms with Gasteiger partial charge in [-0.05, 0) is 0 Å². The zero-order valence-corrected chi connectivity index (χ0v) is 6.41. The molecule has 0 unspecified atom stereocenters. The minimum atomic E-state index is 0. The van der Waals surface area contributed by atoms with Gasteiger partial charge >= 0.3 is 0 Å². The molecule has 0 atom stereocenters. The summed E-state index contributed by atoms with van der Waals surface area (Å²) >= 11 is 0. The van der Waals surface area contributed by atoms with Crippen molar-refractivity contribution in [1.82, 2.24) is 0 Å². The average Bonchev–Trinajstić information content (AvgIpc) is 0.918. The van der Waals surface area contributed by atoms with E-state index in [0.29, 0.717) is 0 Å². The third-order valence-corrected chi connectivity index (χ3v) is 0. The van der Waals surface area contributed by atoms with Crippen LogP contribution in [0, 0.1) is 14.4 Å². The quantitative estimate of drug-likeness (QED) is 0.452. The first kappa shape index (κ1) is 17.2. The van der Waals surface area contributed by atoms with Crippen LogP contribution in [-0.4, -0.2) is 0 Å². The van der Waals surface area contributed by atoms with E-state index in [1.807, 2.05) is 0 Å². The Morgan fingerprint density at radius 1 is 1.60 bits per heavy atom. The van der Waals surface area contributed by atoms with Crippen molar-refractivity contribution in [2.75, 3.05) is 0 Å². The number of allylic oxidation sites excluding steroid dienone is 1. The van der Waals surface area contributed by atoms with Crippen molar-refractivity contribution >= 4 is 0 Å². The fourth-order valence-corrected chi connectivity index (χ4v) is 0. The van der Waals surface area contributed by atoms with E-state index >= 15 is 0 Å². The monoisotopic (exact) mass is 145 g/mol. The van der Waals surface area contributed by atoms with Gasteiger partial charge in [-0.1, -0.05) is 0 Å². The van der Waals surface area contributed by atoms with Gasteiger partial charge in [0.25, 0.3) is 0 Å². The third-order valence-electron chi connectivity index (χ3n) is 0. The molecule has 0 saturated heterocycles. The van der Waals surface area contributed by atoms with Crippen molar-refractivity contribution in [3.05, 3.63) is 27.0 Å². The molecule has 0 bridgehead atoms. The van der Waals surface area contributed by atoms with Crippen LogP contribution in [0.2, 0.25) is 0 Å². The van der Waals surface area contributed by atoms with Crippen molar-refractivity contribution in [1.29, 1.82) is 0 Å². The number of hydrogen-bond acceptors (Lipinski definition) is 0. The summed E-state index contributed by atoms with van der Waals surface area (Å²) in [5.41, 5.74) is 0. The smallest absolute Gasteiger partial charge is 0 e. The fourth-order valence-electron chi connectivity index (χ4n) is 0. The molecule has 0 aromatic heterocycles. The van der Waals surface area contributed by atoms with Crippen LogP contribution in [0.1, 0.15) is 0 Å². The van der Waals surface area contributed by atoms with Crippen molar-refractivity contribution in [3.63, 3.8) is 0 Å². The van der Waals surface area contributed by atoms with Crippen molar-refractivity contribution in [3.8, 4) is 0 Å². The van der Waals surface area contributed by atoms with Gasteiger partial charge in [-0.15, -0.1) is 0 Å². The Balaban J connectivity index is -0.0000000200. The zero-order valence-electron chi connectivity index (χ0n) is 3.57. The summed E-state index contributed by atoms with van der Waals surface area (Å²) in [6.07, 6.45) is 1.50. The Morgan fingerprint density at radius 3 is 1.60 bits per heavy atom. The van der Waals surface area contributed by atoms with Gasteiger partial charge in [0.2, 0.25) is 0 Å². The molecule has 0 aliphatic rings. The molecule has 0 spiro atoms. The Kier molecular flexibility index (Phi) is 76.3. The minimum Gasteiger partial charge on any atom is -0.358 e. The van der Waals surface area contributed by atoms with Gasteiger partial charge < -0.3 is 7.43 Å². The molecule has 0 saturated carbocycles. The second-order valence-electron chi connectivity index (χ2n) is 0.289. The van der Waals surface area contributed by atoms with E-state index in [-0.39, 0.29) is 40.1 Å². The van der Waals surface area contributed by atoms with E-state index in [2.05, 4.69) is 13.5 Å². The van der Waals surface area contributed by atoms with E-state index in [1.165, 1.54) is 6.08 Å². The average molecular weight is 145 g/mol. The second-order valence-corrected chi connectivity index (χ2v) is 0.289. The van der Waals surface area contributed by atoms with Gasteiger partial charge in [0.05, 0.1) is 0 Å². The van der Waals surface area contributed by atoms with Crippen molar-refractivity contribution < 1.29 is 32.7 Å². The Morgan fingerprint density at radius 2 is 1.60 bits per heavy atom. The van der Waals surface area contributed by atoms with Crippen LogP contribution in [-0.2, 0) is 32.7 Å². The number of rotatable bonds is 0. The maximum atomic E-state index is 3.25. The Hall–Kier alpha value is 0.714. The van der Waals surface area contributed by atoms with Crippen LogP contribution in [0.15, 0.2) is 12.7 Å². The molecular formula is C4H8Y-2. The van der Waals surface area contributed by atoms with Crippen LogP contribution in [0.5, 0.6) is 0 Å². The zero-order chi connectivity index (χ0) is 2.71. The van der Waals surface area contributed by atoms with Crippen molar-refractivity contribution in [2.24, 2.45) is 0 Å². The van der Waals surface area contributed by atoms with Crippen LogP contribution < -0.4 is 0 Å². The summed E-state index contributed by atoms with van der Waals surface area (Å²) < 4.78 is 0. The van der Waals surface area contributed by atoms with Gasteiger partial charge in [-0.25, -0.2) is 19.6 Å². The maximum absolute atomic E-state index is 3.25. The standard InChI is InChI=1S/C3H5.CH3.Y/c1-3-2;;/h3H,1-2H2;1H3;/q2*-1;. The van der Waals surface area contributed by atoms with Crippen LogP contribution in [0.4, 0.5) is 0 Å². The van der Waals surface area contributed by atoms with Gasteiger partial charge in [0.15, 0.2) is 0 Å². The van der Waals surface area contributed by atoms with Crippen LogP contribution in [0.25, 0.3) is 0 Å². The van der Waals surface area contributed by atoms with Crippen LogP contribution >= 0.6 is 0 Å². The Bertz CT molecular complexity index is 11.1. The third kappa shape index (κ3) is 68.1. The molecule has 29 valence electrons. The first-order valence-corrected chi connectivity index (χ1v) is 0.816.